The second-order valence-electron chi connectivity index (χ2n) is 6.04. The lowest BCUT2D eigenvalue weighted by Crippen LogP contribution is -2.48. The van der Waals surface area contributed by atoms with Crippen LogP contribution in [0.5, 0.6) is 0 Å². The van der Waals surface area contributed by atoms with Gasteiger partial charge < -0.3 is 9.47 Å². The van der Waals surface area contributed by atoms with Crippen molar-refractivity contribution in [2.24, 2.45) is 5.92 Å². The average Bonchev–Trinajstić information content (AvgIpc) is 3.06. The van der Waals surface area contributed by atoms with Gasteiger partial charge in [0.2, 0.25) is 0 Å². The topological polar surface area (TPSA) is 34.0 Å². The van der Waals surface area contributed by atoms with Gasteiger partial charge in [0.1, 0.15) is 5.82 Å². The maximum Gasteiger partial charge on any atom is 0.418 e. The molecule has 0 N–H and O–H groups in total. The second-order valence-corrected chi connectivity index (χ2v) is 7.05. The Morgan fingerprint density at radius 2 is 2.08 bits per heavy atom. The Morgan fingerprint density at radius 1 is 1.29 bits per heavy atom. The summed E-state index contributed by atoms with van der Waals surface area (Å²) in [6.45, 7) is 4.45. The smallest absolute Gasteiger partial charge is 0.347 e. The highest BCUT2D eigenvalue weighted by molar-refractivity contribution is 7.22. The summed E-state index contributed by atoms with van der Waals surface area (Å²) in [5, 5.41) is 0.667. The minimum absolute atomic E-state index is 0.0545. The van der Waals surface area contributed by atoms with Crippen molar-refractivity contribution in [3.63, 3.8) is 0 Å². The first-order valence-corrected chi connectivity index (χ1v) is 8.43. The molecule has 2 aromatic heterocycles. The lowest BCUT2D eigenvalue weighted by Gasteiger charge is -2.39. The highest BCUT2D eigenvalue weighted by Gasteiger charge is 2.35. The predicted molar refractivity (Wildman–Crippen MR) is 87.3 cm³/mol. The van der Waals surface area contributed by atoms with Crippen molar-refractivity contribution in [2.75, 3.05) is 18.0 Å². The van der Waals surface area contributed by atoms with E-state index in [1.54, 1.807) is 12.3 Å². The molecule has 0 unspecified atom stereocenters. The number of imidazole rings is 1. The molecule has 1 saturated heterocycles. The SMILES string of the molecule is Cc1nccn1CC1CN(c2nc3c(C(F)(F)F)cccc3s2)C1. The zero-order valence-electron chi connectivity index (χ0n) is 12.9. The van der Waals surface area contributed by atoms with E-state index in [4.69, 9.17) is 0 Å². The largest absolute Gasteiger partial charge is 0.418 e. The third-order valence-electron chi connectivity index (χ3n) is 4.32. The number of anilines is 1. The first kappa shape index (κ1) is 15.4. The van der Waals surface area contributed by atoms with Crippen molar-refractivity contribution in [1.82, 2.24) is 14.5 Å². The molecule has 8 heteroatoms. The van der Waals surface area contributed by atoms with Gasteiger partial charge in [0.25, 0.3) is 0 Å². The van der Waals surface area contributed by atoms with Gasteiger partial charge in [0.15, 0.2) is 5.13 Å². The summed E-state index contributed by atoms with van der Waals surface area (Å²) < 4.78 is 41.9. The summed E-state index contributed by atoms with van der Waals surface area (Å²) >= 11 is 1.32. The first-order chi connectivity index (χ1) is 11.4. The number of thiazole rings is 1. The van der Waals surface area contributed by atoms with E-state index in [2.05, 4.69) is 14.5 Å². The monoisotopic (exact) mass is 352 g/mol. The van der Waals surface area contributed by atoms with Gasteiger partial charge in [-0.15, -0.1) is 0 Å². The van der Waals surface area contributed by atoms with Gasteiger partial charge in [-0.05, 0) is 19.1 Å². The molecule has 0 amide bonds. The molecule has 0 spiro atoms. The summed E-state index contributed by atoms with van der Waals surface area (Å²) in [5.41, 5.74) is -0.604. The molecule has 1 aliphatic rings. The molecule has 0 atom stereocenters. The van der Waals surface area contributed by atoms with Crippen LogP contribution in [0.1, 0.15) is 11.4 Å². The fraction of sp³-hybridized carbons (Fsp3) is 0.375. The molecule has 4 rings (SSSR count). The van der Waals surface area contributed by atoms with Crippen LogP contribution < -0.4 is 4.90 Å². The molecule has 0 aliphatic carbocycles. The summed E-state index contributed by atoms with van der Waals surface area (Å²) in [5.74, 6) is 1.44. The molecule has 24 heavy (non-hydrogen) atoms. The summed E-state index contributed by atoms with van der Waals surface area (Å²) in [7, 11) is 0. The summed E-state index contributed by atoms with van der Waals surface area (Å²) in [6.07, 6.45) is -0.648. The fourth-order valence-electron chi connectivity index (χ4n) is 3.02. The Bertz CT molecular complexity index is 877. The molecule has 3 heterocycles. The van der Waals surface area contributed by atoms with E-state index < -0.39 is 11.7 Å². The van der Waals surface area contributed by atoms with E-state index in [-0.39, 0.29) is 5.52 Å². The molecule has 1 aliphatic heterocycles. The Morgan fingerprint density at radius 3 is 2.75 bits per heavy atom. The lowest BCUT2D eigenvalue weighted by atomic mass is 10.0. The molecule has 1 aromatic carbocycles. The number of hydrogen-bond donors (Lipinski definition) is 0. The Labute approximate surface area is 140 Å². The van der Waals surface area contributed by atoms with Gasteiger partial charge >= 0.3 is 6.18 Å². The number of para-hydroxylation sites is 1. The zero-order chi connectivity index (χ0) is 16.9. The van der Waals surface area contributed by atoms with E-state index >= 15 is 0 Å². The highest BCUT2D eigenvalue weighted by Crippen LogP contribution is 2.39. The van der Waals surface area contributed by atoms with E-state index in [0.717, 1.165) is 31.5 Å². The fourth-order valence-corrected chi connectivity index (χ4v) is 4.03. The van der Waals surface area contributed by atoms with E-state index in [9.17, 15) is 13.2 Å². The molecule has 0 saturated carbocycles. The van der Waals surface area contributed by atoms with Gasteiger partial charge in [-0.1, -0.05) is 17.4 Å². The number of benzene rings is 1. The van der Waals surface area contributed by atoms with Gasteiger partial charge in [0, 0.05) is 37.9 Å². The van der Waals surface area contributed by atoms with E-state index in [1.807, 2.05) is 18.0 Å². The zero-order valence-corrected chi connectivity index (χ0v) is 13.7. The Balaban J connectivity index is 1.51. The molecule has 0 radical (unpaired) electrons. The molecule has 1 fully saturated rings. The number of nitrogens with zero attached hydrogens (tertiary/aromatic N) is 4. The molecule has 3 aromatic rings. The van der Waals surface area contributed by atoms with Crippen molar-refractivity contribution in [1.29, 1.82) is 0 Å². The number of rotatable bonds is 3. The normalized spacial score (nSPS) is 15.9. The average molecular weight is 352 g/mol. The molecular weight excluding hydrogens is 337 g/mol. The molecule has 0 bridgehead atoms. The first-order valence-electron chi connectivity index (χ1n) is 7.61. The minimum atomic E-state index is -4.37. The van der Waals surface area contributed by atoms with Crippen molar-refractivity contribution in [3.05, 3.63) is 42.0 Å². The predicted octanol–water partition coefficient (Wildman–Crippen LogP) is 3.96. The number of halogens is 3. The molecule has 126 valence electrons. The van der Waals surface area contributed by atoms with Crippen LogP contribution in [0, 0.1) is 12.8 Å². The van der Waals surface area contributed by atoms with Crippen LogP contribution in [-0.4, -0.2) is 27.6 Å². The van der Waals surface area contributed by atoms with Gasteiger partial charge in [-0.25, -0.2) is 9.97 Å². The Hall–Kier alpha value is -2.09. The van der Waals surface area contributed by atoms with Crippen LogP contribution in [0.2, 0.25) is 0 Å². The van der Waals surface area contributed by atoms with Crippen molar-refractivity contribution in [3.8, 4) is 0 Å². The molecular formula is C16H15F3N4S. The van der Waals surface area contributed by atoms with Gasteiger partial charge in [-0.3, -0.25) is 0 Å². The maximum atomic E-state index is 13.1. The van der Waals surface area contributed by atoms with Crippen molar-refractivity contribution < 1.29 is 13.2 Å². The minimum Gasteiger partial charge on any atom is -0.347 e. The second kappa shape index (κ2) is 5.47. The van der Waals surface area contributed by atoms with Gasteiger partial charge in [0.05, 0.1) is 15.8 Å². The standard InChI is InChI=1S/C16H15F3N4S/c1-10-20-5-6-22(10)7-11-8-23(9-11)15-21-14-12(16(17,18)19)3-2-4-13(14)24-15/h2-6,11H,7-9H2,1H3. The maximum absolute atomic E-state index is 13.1. The third kappa shape index (κ3) is 2.64. The molecule has 4 nitrogen and oxygen atoms in total. The highest BCUT2D eigenvalue weighted by atomic mass is 32.1. The van der Waals surface area contributed by atoms with E-state index in [1.165, 1.54) is 17.4 Å². The van der Waals surface area contributed by atoms with Crippen LogP contribution in [0.4, 0.5) is 18.3 Å². The summed E-state index contributed by atoms with van der Waals surface area (Å²) in [6, 6.07) is 4.22. The van der Waals surface area contributed by atoms with Crippen LogP contribution in [-0.2, 0) is 12.7 Å². The Kier molecular flexibility index (Phi) is 3.52. The quantitative estimate of drug-likeness (QED) is 0.716. The third-order valence-corrected chi connectivity index (χ3v) is 5.40. The van der Waals surface area contributed by atoms with Gasteiger partial charge in [-0.2, -0.15) is 13.2 Å². The van der Waals surface area contributed by atoms with Crippen LogP contribution in [0.3, 0.4) is 0 Å². The number of hydrogen-bond acceptors (Lipinski definition) is 4. The van der Waals surface area contributed by atoms with Crippen molar-refractivity contribution in [2.45, 2.75) is 19.6 Å². The summed E-state index contributed by atoms with van der Waals surface area (Å²) in [4.78, 5) is 10.5. The number of aryl methyl sites for hydroxylation is 1. The van der Waals surface area contributed by atoms with Crippen LogP contribution in [0.25, 0.3) is 10.2 Å². The van der Waals surface area contributed by atoms with Crippen molar-refractivity contribution >= 4 is 26.7 Å². The number of alkyl halides is 3. The number of fused-ring (bicyclic) bond motifs is 1. The lowest BCUT2D eigenvalue weighted by molar-refractivity contribution is -0.136. The van der Waals surface area contributed by atoms with Crippen LogP contribution >= 0.6 is 11.3 Å². The van der Waals surface area contributed by atoms with Crippen LogP contribution in [0.15, 0.2) is 30.6 Å². The number of aromatic nitrogens is 3. The van der Waals surface area contributed by atoms with E-state index in [0.29, 0.717) is 15.7 Å².